The van der Waals surface area contributed by atoms with Crippen LogP contribution in [0, 0.1) is 0 Å². The summed E-state index contributed by atoms with van der Waals surface area (Å²) in [6.45, 7) is 6.55. The second kappa shape index (κ2) is 13.9. The van der Waals surface area contributed by atoms with Gasteiger partial charge in [-0.15, -0.1) is 0 Å². The van der Waals surface area contributed by atoms with Crippen molar-refractivity contribution in [2.24, 2.45) is 22.4 Å². The number of benzene rings is 5. The molecule has 0 aromatic heterocycles. The molecule has 6 N–H and O–H groups in total. The summed E-state index contributed by atoms with van der Waals surface area (Å²) < 4.78 is 0. The number of anilines is 1. The monoisotopic (exact) mass is 575 g/mol. The zero-order valence-electron chi connectivity index (χ0n) is 24.9. The Morgan fingerprint density at radius 1 is 0.795 bits per heavy atom. The van der Waals surface area contributed by atoms with Gasteiger partial charge in [0, 0.05) is 23.5 Å². The summed E-state index contributed by atoms with van der Waals surface area (Å²) in [5.41, 5.74) is 21.5. The molecule has 0 saturated carbocycles. The molecule has 0 radical (unpaired) electrons. The second-order valence-electron chi connectivity index (χ2n) is 10.6. The highest BCUT2D eigenvalue weighted by molar-refractivity contribution is 6.00. The molecule has 1 aliphatic heterocycles. The summed E-state index contributed by atoms with van der Waals surface area (Å²) in [7, 11) is 0. The summed E-state index contributed by atoms with van der Waals surface area (Å²) in [5, 5.41) is 5.78. The Labute approximate surface area is 259 Å². The largest absolute Gasteiger partial charge is 0.403 e. The van der Waals surface area contributed by atoms with E-state index in [1.165, 1.54) is 16.5 Å². The van der Waals surface area contributed by atoms with Crippen LogP contribution in [-0.4, -0.2) is 5.84 Å². The van der Waals surface area contributed by atoms with Crippen LogP contribution in [-0.2, 0) is 6.42 Å². The molecule has 0 fully saturated rings. The normalized spacial score (nSPS) is 14.1. The number of hydrogen-bond donors (Lipinski definition) is 3. The summed E-state index contributed by atoms with van der Waals surface area (Å²) in [6, 6.07) is 41.1. The Hall–Kier alpha value is -5.81. The number of para-hydroxylation sites is 1. The van der Waals surface area contributed by atoms with Crippen molar-refractivity contribution in [3.05, 3.63) is 185 Å². The summed E-state index contributed by atoms with van der Waals surface area (Å²) in [4.78, 5) is 2.14. The molecule has 6 rings (SSSR count). The maximum Gasteiger partial charge on any atom is 0.150 e. The first-order chi connectivity index (χ1) is 21.5. The molecule has 0 aliphatic carbocycles. The Kier molecular flexibility index (Phi) is 9.38. The predicted octanol–water partition coefficient (Wildman–Crippen LogP) is 7.95. The van der Waals surface area contributed by atoms with E-state index >= 15 is 0 Å². The van der Waals surface area contributed by atoms with Crippen LogP contribution >= 0.6 is 0 Å². The maximum absolute atomic E-state index is 6.12. The van der Waals surface area contributed by atoms with Crippen molar-refractivity contribution < 1.29 is 0 Å². The topological polar surface area (TPSA) is 93.7 Å². The molecule has 218 valence electrons. The SMILES string of the molecule is C=C1c2ccccc2/C=C\N(C(/C=C(\C)Cc2ccccc2)=C/N)c2ccccc21.N/N=C(\N)c1ccc2ccccc2c1. The minimum Gasteiger partial charge on any atom is -0.403 e. The van der Waals surface area contributed by atoms with Crippen LogP contribution < -0.4 is 22.2 Å². The Balaban J connectivity index is 0.000000229. The van der Waals surface area contributed by atoms with E-state index in [2.05, 4.69) is 121 Å². The van der Waals surface area contributed by atoms with Gasteiger partial charge in [-0.05, 0) is 70.7 Å². The van der Waals surface area contributed by atoms with E-state index in [1.807, 2.05) is 42.5 Å². The lowest BCUT2D eigenvalue weighted by Gasteiger charge is -2.28. The van der Waals surface area contributed by atoms with Gasteiger partial charge in [0.15, 0.2) is 0 Å². The molecule has 1 aliphatic rings. The quantitative estimate of drug-likeness (QED) is 0.0652. The molecule has 0 bridgehead atoms. The lowest BCUT2D eigenvalue weighted by Crippen LogP contribution is -2.18. The van der Waals surface area contributed by atoms with Crippen molar-refractivity contribution in [2.75, 3.05) is 4.90 Å². The number of rotatable bonds is 5. The van der Waals surface area contributed by atoms with Gasteiger partial charge in [0.2, 0.25) is 0 Å². The minimum atomic E-state index is 0.357. The van der Waals surface area contributed by atoms with Crippen molar-refractivity contribution in [3.8, 4) is 0 Å². The third kappa shape index (κ3) is 6.80. The van der Waals surface area contributed by atoms with Gasteiger partial charge in [0.25, 0.3) is 0 Å². The maximum atomic E-state index is 6.12. The minimum absolute atomic E-state index is 0.357. The number of nitrogens with two attached hydrogens (primary N) is 3. The van der Waals surface area contributed by atoms with Gasteiger partial charge in [-0.2, -0.15) is 5.10 Å². The van der Waals surface area contributed by atoms with Gasteiger partial charge in [-0.25, -0.2) is 0 Å². The molecule has 0 spiro atoms. The first kappa shape index (κ1) is 29.7. The smallest absolute Gasteiger partial charge is 0.150 e. The predicted molar refractivity (Wildman–Crippen MR) is 188 cm³/mol. The van der Waals surface area contributed by atoms with E-state index in [1.54, 1.807) is 6.20 Å². The first-order valence-electron chi connectivity index (χ1n) is 14.5. The van der Waals surface area contributed by atoms with Crippen molar-refractivity contribution in [1.82, 2.24) is 0 Å². The van der Waals surface area contributed by atoms with Crippen molar-refractivity contribution in [1.29, 1.82) is 0 Å². The molecular formula is C39H37N5. The van der Waals surface area contributed by atoms with Gasteiger partial charge < -0.3 is 22.2 Å². The van der Waals surface area contributed by atoms with E-state index in [0.717, 1.165) is 51.0 Å². The van der Waals surface area contributed by atoms with Crippen LogP contribution in [0.1, 0.15) is 34.7 Å². The lowest BCUT2D eigenvalue weighted by molar-refractivity contribution is 1.11. The molecule has 0 amide bonds. The van der Waals surface area contributed by atoms with E-state index < -0.39 is 0 Å². The van der Waals surface area contributed by atoms with Crippen LogP contribution in [0.2, 0.25) is 0 Å². The Morgan fingerprint density at radius 3 is 2.20 bits per heavy atom. The molecule has 5 heteroatoms. The number of nitrogens with zero attached hydrogens (tertiary/aromatic N) is 2. The third-order valence-corrected chi connectivity index (χ3v) is 7.53. The second-order valence-corrected chi connectivity index (χ2v) is 10.6. The van der Waals surface area contributed by atoms with Crippen molar-refractivity contribution in [3.63, 3.8) is 0 Å². The number of fused-ring (bicyclic) bond motifs is 3. The highest BCUT2D eigenvalue weighted by Crippen LogP contribution is 2.36. The zero-order chi connectivity index (χ0) is 30.9. The van der Waals surface area contributed by atoms with Crippen molar-refractivity contribution >= 4 is 33.9 Å². The average Bonchev–Trinajstić information content (AvgIpc) is 3.07. The standard InChI is InChI=1S/C28H26N2.C11H11N3/c1-21(18-23-10-4-3-5-11-23)19-25(20-29)30-17-16-24-12-6-7-13-26(24)22(2)27-14-8-9-15-28(27)30;12-11(14-13)10-6-5-8-3-1-2-4-9(8)7-10/h3-17,19-20H,2,18,29H2,1H3;1-7H,13H2,(H2,12,14)/b17-16-,21-19+,25-20+;. The average molecular weight is 576 g/mol. The number of amidine groups is 1. The van der Waals surface area contributed by atoms with Crippen LogP contribution in [0.5, 0.6) is 0 Å². The first-order valence-corrected chi connectivity index (χ1v) is 14.5. The van der Waals surface area contributed by atoms with Gasteiger partial charge in [-0.3, -0.25) is 0 Å². The van der Waals surface area contributed by atoms with Crippen LogP contribution in [0.15, 0.2) is 163 Å². The zero-order valence-corrected chi connectivity index (χ0v) is 24.9. The molecule has 0 atom stereocenters. The molecule has 5 aromatic rings. The number of hydrazone groups is 1. The van der Waals surface area contributed by atoms with Crippen LogP contribution in [0.4, 0.5) is 5.69 Å². The van der Waals surface area contributed by atoms with Gasteiger partial charge >= 0.3 is 0 Å². The number of hydrogen-bond acceptors (Lipinski definition) is 4. The molecule has 5 nitrogen and oxygen atoms in total. The van der Waals surface area contributed by atoms with E-state index in [0.29, 0.717) is 5.84 Å². The molecular weight excluding hydrogens is 538 g/mol. The fourth-order valence-electron chi connectivity index (χ4n) is 5.30. The van der Waals surface area contributed by atoms with Gasteiger partial charge in [-0.1, -0.05) is 121 Å². The van der Waals surface area contributed by atoms with E-state index in [9.17, 15) is 0 Å². The van der Waals surface area contributed by atoms with E-state index in [-0.39, 0.29) is 0 Å². The van der Waals surface area contributed by atoms with E-state index in [4.69, 9.17) is 17.3 Å². The Bertz CT molecular complexity index is 1900. The molecule has 5 aromatic carbocycles. The molecule has 0 unspecified atom stereocenters. The third-order valence-electron chi connectivity index (χ3n) is 7.53. The van der Waals surface area contributed by atoms with Crippen molar-refractivity contribution in [2.45, 2.75) is 13.3 Å². The highest BCUT2D eigenvalue weighted by atomic mass is 15.2. The fraction of sp³-hybridized carbons (Fsp3) is 0.0513. The van der Waals surface area contributed by atoms with Gasteiger partial charge in [0.1, 0.15) is 5.84 Å². The lowest BCUT2D eigenvalue weighted by atomic mass is 9.92. The molecule has 1 heterocycles. The molecule has 0 saturated heterocycles. The van der Waals surface area contributed by atoms with Crippen LogP contribution in [0.3, 0.4) is 0 Å². The number of allylic oxidation sites excluding steroid dienone is 2. The summed E-state index contributed by atoms with van der Waals surface area (Å²) >= 11 is 0. The Morgan fingerprint density at radius 2 is 1.45 bits per heavy atom. The summed E-state index contributed by atoms with van der Waals surface area (Å²) in [6.07, 6.45) is 8.93. The van der Waals surface area contributed by atoms with Crippen LogP contribution in [0.25, 0.3) is 22.4 Å². The molecule has 44 heavy (non-hydrogen) atoms. The fourth-order valence-corrected chi connectivity index (χ4v) is 5.30. The van der Waals surface area contributed by atoms with Gasteiger partial charge in [0.05, 0.1) is 11.4 Å². The highest BCUT2D eigenvalue weighted by Gasteiger charge is 2.18. The summed E-state index contributed by atoms with van der Waals surface area (Å²) in [5.74, 6) is 5.47.